The Balaban J connectivity index is -0.0000000450. The molecule has 0 saturated carbocycles. The van der Waals surface area contributed by atoms with Gasteiger partial charge >= 0.3 is 27.3 Å². The van der Waals surface area contributed by atoms with Gasteiger partial charge in [0.05, 0.1) is 0 Å². The van der Waals surface area contributed by atoms with Crippen LogP contribution in [-0.4, -0.2) is 14.6 Å². The minimum Gasteiger partial charge on any atom is -0.672 e. The van der Waals surface area contributed by atoms with Crippen LogP contribution in [-0.2, 0) is 31.8 Å². The topological polar surface area (TPSA) is 94.7 Å². The van der Waals surface area contributed by atoms with E-state index in [0.29, 0.717) is 0 Å². The standard InChI is InChI=1S/Cd.O3Si.H2O/c;1-4(2)3;/h;;1H2/q+2;-2;. The van der Waals surface area contributed by atoms with Gasteiger partial charge in [-0.25, -0.2) is 0 Å². The van der Waals surface area contributed by atoms with Gasteiger partial charge in [-0.05, 0) is 0 Å². The van der Waals surface area contributed by atoms with Crippen LogP contribution in [0, 0.1) is 0 Å². The zero-order chi connectivity index (χ0) is 3.58. The van der Waals surface area contributed by atoms with Crippen LogP contribution in [0.3, 0.4) is 0 Å². The monoisotopic (exact) mass is 208 g/mol. The fraction of sp³-hybridized carbons (Fsp3) is 0. The SMILES string of the molecule is O.O=[Si]([O-])[O-].[Cd+2]. The predicted octanol–water partition coefficient (Wildman–Crippen LogP) is -3.70. The molecule has 0 aliphatic carbocycles. The van der Waals surface area contributed by atoms with E-state index in [2.05, 4.69) is 0 Å². The van der Waals surface area contributed by atoms with Crippen LogP contribution in [0.15, 0.2) is 0 Å². The molecule has 0 fully saturated rings. The summed E-state index contributed by atoms with van der Waals surface area (Å²) in [5.41, 5.74) is 0. The van der Waals surface area contributed by atoms with Crippen molar-refractivity contribution >= 4 is 9.17 Å². The van der Waals surface area contributed by atoms with Crippen molar-refractivity contribution in [2.45, 2.75) is 0 Å². The first-order valence-corrected chi connectivity index (χ1v) is 1.84. The zero-order valence-corrected chi connectivity index (χ0v) is 7.97. The van der Waals surface area contributed by atoms with Gasteiger partial charge in [-0.15, -0.1) is 0 Å². The van der Waals surface area contributed by atoms with Crippen molar-refractivity contribution in [3.05, 3.63) is 0 Å². The molecule has 0 aromatic heterocycles. The molecule has 0 saturated heterocycles. The summed E-state index contributed by atoms with van der Waals surface area (Å²) < 4.78 is 8.52. The molecule has 0 aromatic rings. The van der Waals surface area contributed by atoms with Crippen LogP contribution >= 0.6 is 0 Å². The van der Waals surface area contributed by atoms with Gasteiger partial charge in [0, 0.05) is 9.17 Å². The smallest absolute Gasteiger partial charge is 0.672 e. The van der Waals surface area contributed by atoms with Gasteiger partial charge in [0.2, 0.25) is 0 Å². The molecule has 0 atom stereocenters. The van der Waals surface area contributed by atoms with E-state index in [0.717, 1.165) is 0 Å². The summed E-state index contributed by atoms with van der Waals surface area (Å²) in [7, 11) is -3.63. The normalized spacial score (nSPS) is 4.00. The average molecular weight is 207 g/mol. The molecule has 0 radical (unpaired) electrons. The van der Waals surface area contributed by atoms with E-state index >= 15 is 0 Å². The second kappa shape index (κ2) is 9.09. The Labute approximate surface area is 56.2 Å². The van der Waals surface area contributed by atoms with Gasteiger partial charge in [0.15, 0.2) is 0 Å². The minimum absolute atomic E-state index is 0. The van der Waals surface area contributed by atoms with Crippen LogP contribution in [0.1, 0.15) is 0 Å². The average Bonchev–Trinajstić information content (AvgIpc) is 0.811. The molecule has 6 heavy (non-hydrogen) atoms. The summed E-state index contributed by atoms with van der Waals surface area (Å²) in [5.74, 6) is 0. The molecule has 0 aromatic carbocycles. The van der Waals surface area contributed by atoms with Crippen molar-refractivity contribution in [2.24, 2.45) is 0 Å². The molecule has 2 N–H and O–H groups in total. The molecule has 0 spiro atoms. The molecule has 0 rings (SSSR count). The molecular weight excluding hydrogens is 204 g/mol. The van der Waals surface area contributed by atoms with Gasteiger partial charge in [0.1, 0.15) is 0 Å². The minimum atomic E-state index is -3.63. The third kappa shape index (κ3) is 221. The molecule has 4 nitrogen and oxygen atoms in total. The summed E-state index contributed by atoms with van der Waals surface area (Å²) in [4.78, 5) is 17.0. The van der Waals surface area contributed by atoms with E-state index < -0.39 is 9.17 Å². The Morgan fingerprint density at radius 1 is 1.33 bits per heavy atom. The van der Waals surface area contributed by atoms with Crippen LogP contribution in [0.5, 0.6) is 0 Å². The van der Waals surface area contributed by atoms with E-state index in [9.17, 15) is 0 Å². The molecular formula is H2CdO4Si. The first kappa shape index (κ1) is 16.1. The zero-order valence-electron chi connectivity index (χ0n) is 2.93. The molecule has 0 aliphatic heterocycles. The molecule has 0 heterocycles. The third-order valence-corrected chi connectivity index (χ3v) is 0. The first-order valence-electron chi connectivity index (χ1n) is 0.612. The van der Waals surface area contributed by atoms with E-state index in [-0.39, 0.29) is 32.8 Å². The van der Waals surface area contributed by atoms with Crippen molar-refractivity contribution in [2.75, 3.05) is 0 Å². The summed E-state index contributed by atoms with van der Waals surface area (Å²) >= 11 is 0. The van der Waals surface area contributed by atoms with Crippen molar-refractivity contribution in [3.63, 3.8) is 0 Å². The van der Waals surface area contributed by atoms with Crippen LogP contribution < -0.4 is 9.59 Å². The number of rotatable bonds is 0. The predicted molar refractivity (Wildman–Crippen MR) is 10.1 cm³/mol. The third-order valence-electron chi connectivity index (χ3n) is 0. The van der Waals surface area contributed by atoms with Crippen molar-refractivity contribution in [1.82, 2.24) is 0 Å². The van der Waals surface area contributed by atoms with Gasteiger partial charge in [-0.2, -0.15) is 0 Å². The first-order chi connectivity index (χ1) is 1.73. The van der Waals surface area contributed by atoms with Gasteiger partial charge < -0.3 is 19.5 Å². The maximum Gasteiger partial charge on any atom is 2.00 e. The summed E-state index contributed by atoms with van der Waals surface area (Å²) in [5, 5.41) is 0. The molecule has 0 amide bonds. The Bertz CT molecular complexity index is 30.5. The maximum atomic E-state index is 8.52. The summed E-state index contributed by atoms with van der Waals surface area (Å²) in [6.45, 7) is 0. The van der Waals surface area contributed by atoms with Crippen molar-refractivity contribution in [3.8, 4) is 0 Å². The molecule has 0 bridgehead atoms. The maximum absolute atomic E-state index is 8.52. The Morgan fingerprint density at radius 3 is 1.33 bits per heavy atom. The van der Waals surface area contributed by atoms with Gasteiger partial charge in [0.25, 0.3) is 0 Å². The van der Waals surface area contributed by atoms with Crippen molar-refractivity contribution < 1.29 is 46.8 Å². The Kier molecular flexibility index (Phi) is 24.3. The Hall–Kier alpha value is 0.499. The Morgan fingerprint density at radius 2 is 1.33 bits per heavy atom. The molecule has 0 unspecified atom stereocenters. The summed E-state index contributed by atoms with van der Waals surface area (Å²) in [6.07, 6.45) is 0. The molecule has 6 heteroatoms. The van der Waals surface area contributed by atoms with E-state index in [1.54, 1.807) is 0 Å². The van der Waals surface area contributed by atoms with Crippen LogP contribution in [0.2, 0.25) is 0 Å². The van der Waals surface area contributed by atoms with E-state index in [4.69, 9.17) is 14.1 Å². The van der Waals surface area contributed by atoms with Crippen molar-refractivity contribution in [1.29, 1.82) is 0 Å². The van der Waals surface area contributed by atoms with E-state index in [1.807, 2.05) is 0 Å². The number of hydrogen-bond donors (Lipinski definition) is 0. The van der Waals surface area contributed by atoms with Crippen LogP contribution in [0.25, 0.3) is 0 Å². The van der Waals surface area contributed by atoms with Crippen LogP contribution in [0.4, 0.5) is 0 Å². The fourth-order valence-corrected chi connectivity index (χ4v) is 0. The van der Waals surface area contributed by atoms with E-state index in [1.165, 1.54) is 0 Å². The largest absolute Gasteiger partial charge is 2.00 e. The second-order valence-electron chi connectivity index (χ2n) is 0.250. The molecule has 0 aliphatic rings. The molecule has 32 valence electrons. The number of hydrogen-bond acceptors (Lipinski definition) is 3. The van der Waals surface area contributed by atoms with Gasteiger partial charge in [-0.3, -0.25) is 0 Å². The second-order valence-corrected chi connectivity index (χ2v) is 0.750. The van der Waals surface area contributed by atoms with Gasteiger partial charge in [-0.1, -0.05) is 0 Å². The summed E-state index contributed by atoms with van der Waals surface area (Å²) in [6, 6.07) is 0. The fourth-order valence-electron chi connectivity index (χ4n) is 0. The quantitative estimate of drug-likeness (QED) is 0.382.